The number of hydrogen-bond acceptors (Lipinski definition) is 2. The Kier molecular flexibility index (Phi) is 5.71. The number of carbonyl (C=O) groups is 2. The number of urea groups is 1. The third-order valence-electron chi connectivity index (χ3n) is 2.33. The number of likely N-dealkylation sites (N-methyl/N-ethyl adjacent to an activating group) is 1. The van der Waals surface area contributed by atoms with Crippen molar-refractivity contribution in [3.63, 3.8) is 0 Å². The minimum atomic E-state index is -1.01. The molecule has 0 fully saturated rings. The van der Waals surface area contributed by atoms with Crippen LogP contribution in [0.1, 0.15) is 27.7 Å². The van der Waals surface area contributed by atoms with E-state index >= 15 is 0 Å². The molecule has 0 heterocycles. The Balaban J connectivity index is 4.91. The van der Waals surface area contributed by atoms with Gasteiger partial charge in [-0.1, -0.05) is 6.08 Å². The summed E-state index contributed by atoms with van der Waals surface area (Å²) in [5.41, 5.74) is -0.364. The van der Waals surface area contributed by atoms with E-state index in [0.717, 1.165) is 0 Å². The van der Waals surface area contributed by atoms with Gasteiger partial charge in [0.15, 0.2) is 0 Å². The van der Waals surface area contributed by atoms with E-state index in [1.807, 2.05) is 20.8 Å². The van der Waals surface area contributed by atoms with Crippen molar-refractivity contribution < 1.29 is 14.7 Å². The molecule has 0 atom stereocenters. The van der Waals surface area contributed by atoms with Crippen molar-refractivity contribution in [3.8, 4) is 0 Å². The molecule has 0 saturated heterocycles. The minimum Gasteiger partial charge on any atom is -0.480 e. The Hall–Kier alpha value is -1.52. The number of hydrogen-bond donors (Lipinski definition) is 1. The van der Waals surface area contributed by atoms with Crippen LogP contribution in [0.3, 0.4) is 0 Å². The second-order valence-electron chi connectivity index (χ2n) is 4.76. The predicted octanol–water partition coefficient (Wildman–Crippen LogP) is 1.80. The highest BCUT2D eigenvalue weighted by molar-refractivity contribution is 5.80. The SMILES string of the molecule is C=CCN(C(=O)N(CC)CC(=O)O)C(C)(C)C. The molecule has 5 heteroatoms. The fraction of sp³-hybridized carbons (Fsp3) is 0.667. The second kappa shape index (κ2) is 6.27. The van der Waals surface area contributed by atoms with E-state index in [4.69, 9.17) is 5.11 Å². The molecule has 2 amide bonds. The molecular weight excluding hydrogens is 220 g/mol. The van der Waals surface area contributed by atoms with E-state index in [-0.39, 0.29) is 18.1 Å². The van der Waals surface area contributed by atoms with Crippen LogP contribution in [0.25, 0.3) is 0 Å². The summed E-state index contributed by atoms with van der Waals surface area (Å²) < 4.78 is 0. The van der Waals surface area contributed by atoms with Gasteiger partial charge < -0.3 is 14.9 Å². The first-order valence-corrected chi connectivity index (χ1v) is 5.63. The summed E-state index contributed by atoms with van der Waals surface area (Å²) >= 11 is 0. The predicted molar refractivity (Wildman–Crippen MR) is 66.9 cm³/mol. The van der Waals surface area contributed by atoms with Crippen molar-refractivity contribution >= 4 is 12.0 Å². The lowest BCUT2D eigenvalue weighted by Gasteiger charge is -2.38. The average molecular weight is 242 g/mol. The molecule has 0 aromatic rings. The zero-order valence-electron chi connectivity index (χ0n) is 11.1. The molecule has 1 N–H and O–H groups in total. The van der Waals surface area contributed by atoms with Crippen LogP contribution in [0.15, 0.2) is 12.7 Å². The number of nitrogens with zero attached hydrogens (tertiary/aromatic N) is 2. The largest absolute Gasteiger partial charge is 0.480 e. The van der Waals surface area contributed by atoms with Gasteiger partial charge in [0, 0.05) is 18.6 Å². The van der Waals surface area contributed by atoms with Crippen LogP contribution in [0.2, 0.25) is 0 Å². The maximum absolute atomic E-state index is 12.2. The van der Waals surface area contributed by atoms with Crippen LogP contribution in [-0.2, 0) is 4.79 Å². The Morgan fingerprint density at radius 3 is 2.18 bits per heavy atom. The Labute approximate surface area is 103 Å². The third kappa shape index (κ3) is 4.89. The summed E-state index contributed by atoms with van der Waals surface area (Å²) in [7, 11) is 0. The fourth-order valence-corrected chi connectivity index (χ4v) is 1.42. The highest BCUT2D eigenvalue weighted by Crippen LogP contribution is 2.15. The molecule has 0 bridgehead atoms. The Morgan fingerprint density at radius 1 is 1.35 bits per heavy atom. The quantitative estimate of drug-likeness (QED) is 0.748. The van der Waals surface area contributed by atoms with Crippen molar-refractivity contribution in [2.24, 2.45) is 0 Å². The van der Waals surface area contributed by atoms with E-state index in [0.29, 0.717) is 13.1 Å². The molecule has 0 unspecified atom stereocenters. The van der Waals surface area contributed by atoms with Crippen LogP contribution in [-0.4, -0.2) is 52.1 Å². The normalized spacial score (nSPS) is 10.8. The van der Waals surface area contributed by atoms with Gasteiger partial charge in [-0.3, -0.25) is 4.79 Å². The second-order valence-corrected chi connectivity index (χ2v) is 4.76. The van der Waals surface area contributed by atoms with Gasteiger partial charge in [-0.05, 0) is 27.7 Å². The van der Waals surface area contributed by atoms with Gasteiger partial charge in [0.1, 0.15) is 6.54 Å². The molecule has 5 nitrogen and oxygen atoms in total. The van der Waals surface area contributed by atoms with Gasteiger partial charge >= 0.3 is 12.0 Å². The number of carbonyl (C=O) groups excluding carboxylic acids is 1. The van der Waals surface area contributed by atoms with Gasteiger partial charge in [-0.2, -0.15) is 0 Å². The molecule has 98 valence electrons. The summed E-state index contributed by atoms with van der Waals surface area (Å²) in [6, 6.07) is -0.276. The fourth-order valence-electron chi connectivity index (χ4n) is 1.42. The molecule has 0 aromatic carbocycles. The number of rotatable bonds is 5. The monoisotopic (exact) mass is 242 g/mol. The Bertz CT molecular complexity index is 295. The molecule has 0 rings (SSSR count). The molecule has 0 spiro atoms. The molecule has 0 radical (unpaired) electrons. The van der Waals surface area contributed by atoms with Crippen molar-refractivity contribution in [1.29, 1.82) is 0 Å². The molecular formula is C12H22N2O3. The van der Waals surface area contributed by atoms with Gasteiger partial charge in [-0.15, -0.1) is 6.58 Å². The number of carboxylic acids is 1. The maximum Gasteiger partial charge on any atom is 0.323 e. The highest BCUT2D eigenvalue weighted by Gasteiger charge is 2.29. The van der Waals surface area contributed by atoms with Gasteiger partial charge in [0.25, 0.3) is 0 Å². The van der Waals surface area contributed by atoms with E-state index in [1.165, 1.54) is 4.90 Å². The number of amides is 2. The summed E-state index contributed by atoms with van der Waals surface area (Å²) in [6.07, 6.45) is 1.64. The lowest BCUT2D eigenvalue weighted by molar-refractivity contribution is -0.137. The molecule has 0 saturated carbocycles. The molecule has 0 aliphatic carbocycles. The Morgan fingerprint density at radius 2 is 1.88 bits per heavy atom. The van der Waals surface area contributed by atoms with E-state index in [1.54, 1.807) is 17.9 Å². The standard InChI is InChI=1S/C12H22N2O3/c1-6-8-14(12(3,4)5)11(17)13(7-2)9-10(15)16/h6H,1,7-9H2,2-5H3,(H,15,16). The zero-order chi connectivity index (χ0) is 13.6. The smallest absolute Gasteiger partial charge is 0.323 e. The first-order valence-electron chi connectivity index (χ1n) is 5.63. The van der Waals surface area contributed by atoms with Gasteiger partial charge in [0.2, 0.25) is 0 Å². The minimum absolute atomic E-state index is 0.276. The lowest BCUT2D eigenvalue weighted by Crippen LogP contribution is -2.52. The summed E-state index contributed by atoms with van der Waals surface area (Å²) in [4.78, 5) is 25.8. The zero-order valence-corrected chi connectivity index (χ0v) is 11.1. The van der Waals surface area contributed by atoms with Crippen LogP contribution in [0.5, 0.6) is 0 Å². The van der Waals surface area contributed by atoms with Crippen LogP contribution in [0, 0.1) is 0 Å². The maximum atomic E-state index is 12.2. The number of aliphatic carboxylic acids is 1. The van der Waals surface area contributed by atoms with Gasteiger partial charge in [0.05, 0.1) is 0 Å². The van der Waals surface area contributed by atoms with Crippen molar-refractivity contribution in [3.05, 3.63) is 12.7 Å². The highest BCUT2D eigenvalue weighted by atomic mass is 16.4. The first kappa shape index (κ1) is 15.5. The van der Waals surface area contributed by atoms with E-state index in [2.05, 4.69) is 6.58 Å². The molecule has 17 heavy (non-hydrogen) atoms. The lowest BCUT2D eigenvalue weighted by atomic mass is 10.1. The van der Waals surface area contributed by atoms with Crippen LogP contribution < -0.4 is 0 Å². The van der Waals surface area contributed by atoms with Crippen molar-refractivity contribution in [2.45, 2.75) is 33.2 Å². The summed E-state index contributed by atoms with van der Waals surface area (Å²) in [5.74, 6) is -1.01. The van der Waals surface area contributed by atoms with Crippen LogP contribution >= 0.6 is 0 Å². The summed E-state index contributed by atoms with van der Waals surface area (Å²) in [6.45, 7) is 11.6. The molecule has 0 aliphatic heterocycles. The van der Waals surface area contributed by atoms with Crippen LogP contribution in [0.4, 0.5) is 4.79 Å². The topological polar surface area (TPSA) is 60.9 Å². The van der Waals surface area contributed by atoms with Gasteiger partial charge in [-0.25, -0.2) is 4.79 Å². The molecule has 0 aliphatic rings. The van der Waals surface area contributed by atoms with Crippen molar-refractivity contribution in [1.82, 2.24) is 9.80 Å². The summed E-state index contributed by atoms with van der Waals surface area (Å²) in [5, 5.41) is 8.75. The third-order valence-corrected chi connectivity index (χ3v) is 2.33. The molecule has 0 aromatic heterocycles. The average Bonchev–Trinajstić information content (AvgIpc) is 2.19. The van der Waals surface area contributed by atoms with Crippen molar-refractivity contribution in [2.75, 3.05) is 19.6 Å². The number of carboxylic acid groups (broad SMARTS) is 1. The van der Waals surface area contributed by atoms with E-state index in [9.17, 15) is 9.59 Å². The van der Waals surface area contributed by atoms with E-state index < -0.39 is 5.97 Å². The first-order chi connectivity index (χ1) is 7.73.